The molecule has 0 saturated carbocycles. The molecule has 0 aromatic carbocycles. The van der Waals surface area contributed by atoms with Gasteiger partial charge in [0.1, 0.15) is 0 Å². The number of hydrogen-bond acceptors (Lipinski definition) is 6. The lowest BCUT2D eigenvalue weighted by Crippen LogP contribution is -2.06. The van der Waals surface area contributed by atoms with Gasteiger partial charge in [0, 0.05) is 13.0 Å². The van der Waals surface area contributed by atoms with E-state index >= 15 is 0 Å². The minimum absolute atomic E-state index is 0.263. The summed E-state index contributed by atoms with van der Waals surface area (Å²) < 4.78 is 12.7. The summed E-state index contributed by atoms with van der Waals surface area (Å²) in [5.74, 6) is 2.90. The molecule has 0 radical (unpaired) electrons. The standard InChI is InChI=1S/C15H21N5O2/c1-4-6-8-9-20-13-11(17-15(20)21-3)12(16)18-14(19-13)22-10-7-5-2/h1H,5-10H2,2-3H3,(H2,16,18,19). The van der Waals surface area contributed by atoms with Gasteiger partial charge in [0.25, 0.3) is 6.01 Å². The number of rotatable bonds is 8. The third-order valence-electron chi connectivity index (χ3n) is 3.18. The van der Waals surface area contributed by atoms with Crippen LogP contribution in [0.2, 0.25) is 0 Å². The quantitative estimate of drug-likeness (QED) is 0.593. The van der Waals surface area contributed by atoms with Crippen molar-refractivity contribution in [2.75, 3.05) is 19.5 Å². The van der Waals surface area contributed by atoms with Gasteiger partial charge in [-0.15, -0.1) is 12.3 Å². The Kier molecular flexibility index (Phi) is 5.42. The van der Waals surface area contributed by atoms with Crippen LogP contribution in [0, 0.1) is 12.3 Å². The molecule has 118 valence electrons. The van der Waals surface area contributed by atoms with Gasteiger partial charge in [0.2, 0.25) is 0 Å². The zero-order chi connectivity index (χ0) is 15.9. The van der Waals surface area contributed by atoms with E-state index in [1.807, 2.05) is 4.57 Å². The Balaban J connectivity index is 2.35. The largest absolute Gasteiger partial charge is 0.468 e. The molecular formula is C15H21N5O2. The summed E-state index contributed by atoms with van der Waals surface area (Å²) in [6.07, 6.45) is 8.74. The van der Waals surface area contributed by atoms with Crippen molar-refractivity contribution in [1.82, 2.24) is 19.5 Å². The Labute approximate surface area is 129 Å². The summed E-state index contributed by atoms with van der Waals surface area (Å²) in [4.78, 5) is 12.9. The van der Waals surface area contributed by atoms with E-state index in [-0.39, 0.29) is 11.8 Å². The van der Waals surface area contributed by atoms with Gasteiger partial charge in [0.05, 0.1) is 13.7 Å². The summed E-state index contributed by atoms with van der Waals surface area (Å²) >= 11 is 0. The van der Waals surface area contributed by atoms with E-state index < -0.39 is 0 Å². The lowest BCUT2D eigenvalue weighted by molar-refractivity contribution is 0.286. The van der Waals surface area contributed by atoms with Crippen molar-refractivity contribution >= 4 is 17.0 Å². The number of aryl methyl sites for hydroxylation is 1. The van der Waals surface area contributed by atoms with Crippen molar-refractivity contribution < 1.29 is 9.47 Å². The number of hydrogen-bond donors (Lipinski definition) is 1. The molecule has 0 amide bonds. The minimum Gasteiger partial charge on any atom is -0.468 e. The topological polar surface area (TPSA) is 88.1 Å². The van der Waals surface area contributed by atoms with Crippen molar-refractivity contribution in [2.24, 2.45) is 0 Å². The van der Waals surface area contributed by atoms with Gasteiger partial charge in [0.15, 0.2) is 17.0 Å². The summed E-state index contributed by atoms with van der Waals surface area (Å²) in [6.45, 7) is 3.30. The Bertz CT molecular complexity index is 675. The fourth-order valence-corrected chi connectivity index (χ4v) is 2.05. The van der Waals surface area contributed by atoms with Crippen molar-refractivity contribution in [2.45, 2.75) is 39.2 Å². The highest BCUT2D eigenvalue weighted by Gasteiger charge is 2.17. The Morgan fingerprint density at radius 2 is 2.09 bits per heavy atom. The first-order valence-electron chi connectivity index (χ1n) is 7.35. The molecule has 2 aromatic heterocycles. The lowest BCUT2D eigenvalue weighted by Gasteiger charge is -2.07. The van der Waals surface area contributed by atoms with Crippen LogP contribution in [0.4, 0.5) is 5.82 Å². The van der Waals surface area contributed by atoms with E-state index in [2.05, 4.69) is 27.8 Å². The van der Waals surface area contributed by atoms with Crippen LogP contribution in [-0.4, -0.2) is 33.2 Å². The predicted octanol–water partition coefficient (Wildman–Crippen LogP) is 2.01. The number of nitrogens with zero attached hydrogens (tertiary/aromatic N) is 4. The summed E-state index contributed by atoms with van der Waals surface area (Å²) in [5, 5.41) is 0. The Morgan fingerprint density at radius 1 is 1.27 bits per heavy atom. The highest BCUT2D eigenvalue weighted by Crippen LogP contribution is 2.25. The molecule has 0 aliphatic rings. The number of nitrogens with two attached hydrogens (primary N) is 1. The van der Waals surface area contributed by atoms with Gasteiger partial charge in [-0.25, -0.2) is 0 Å². The second-order valence-electron chi connectivity index (χ2n) is 4.82. The van der Waals surface area contributed by atoms with E-state index in [0.717, 1.165) is 19.3 Å². The van der Waals surface area contributed by atoms with E-state index in [0.29, 0.717) is 36.7 Å². The number of fused-ring (bicyclic) bond motifs is 1. The molecule has 0 atom stereocenters. The summed E-state index contributed by atoms with van der Waals surface area (Å²) in [7, 11) is 1.56. The first-order chi connectivity index (χ1) is 10.7. The van der Waals surface area contributed by atoms with Crippen LogP contribution in [0.1, 0.15) is 32.6 Å². The van der Waals surface area contributed by atoms with E-state index in [9.17, 15) is 0 Å². The fourth-order valence-electron chi connectivity index (χ4n) is 2.05. The van der Waals surface area contributed by atoms with Crippen LogP contribution in [0.3, 0.4) is 0 Å². The average Bonchev–Trinajstić information content (AvgIpc) is 2.87. The molecule has 0 bridgehead atoms. The Hall–Kier alpha value is -2.49. The smallest absolute Gasteiger partial charge is 0.320 e. The lowest BCUT2D eigenvalue weighted by atomic mass is 10.3. The number of unbranched alkanes of at least 4 members (excludes halogenated alkanes) is 2. The molecule has 0 aliphatic heterocycles. The number of ether oxygens (including phenoxy) is 2. The van der Waals surface area contributed by atoms with E-state index in [1.54, 1.807) is 7.11 Å². The number of nitrogen functional groups attached to an aromatic ring is 1. The molecule has 2 heterocycles. The monoisotopic (exact) mass is 303 g/mol. The molecule has 0 spiro atoms. The van der Waals surface area contributed by atoms with Crippen LogP contribution >= 0.6 is 0 Å². The van der Waals surface area contributed by atoms with E-state index in [1.165, 1.54) is 0 Å². The maximum atomic E-state index is 5.96. The zero-order valence-corrected chi connectivity index (χ0v) is 13.0. The molecule has 2 N–H and O–H groups in total. The van der Waals surface area contributed by atoms with Crippen LogP contribution in [0.25, 0.3) is 11.2 Å². The van der Waals surface area contributed by atoms with Gasteiger partial charge < -0.3 is 15.2 Å². The second kappa shape index (κ2) is 7.50. The fraction of sp³-hybridized carbons (Fsp3) is 0.533. The van der Waals surface area contributed by atoms with Crippen molar-refractivity contribution in [3.63, 3.8) is 0 Å². The molecular weight excluding hydrogens is 282 g/mol. The van der Waals surface area contributed by atoms with Gasteiger partial charge in [-0.1, -0.05) is 13.3 Å². The maximum absolute atomic E-state index is 5.96. The number of imidazole rings is 1. The maximum Gasteiger partial charge on any atom is 0.320 e. The van der Waals surface area contributed by atoms with Crippen LogP contribution in [0.15, 0.2) is 0 Å². The van der Waals surface area contributed by atoms with Crippen molar-refractivity contribution in [1.29, 1.82) is 0 Å². The SMILES string of the molecule is C#CCCCn1c(OC)nc2c(N)nc(OCCCC)nc21. The van der Waals surface area contributed by atoms with Crippen LogP contribution in [-0.2, 0) is 6.54 Å². The Morgan fingerprint density at radius 3 is 2.77 bits per heavy atom. The minimum atomic E-state index is 0.263. The third kappa shape index (κ3) is 3.39. The summed E-state index contributed by atoms with van der Waals surface area (Å²) in [5.41, 5.74) is 7.08. The zero-order valence-electron chi connectivity index (χ0n) is 13.0. The predicted molar refractivity (Wildman–Crippen MR) is 84.8 cm³/mol. The number of aromatic nitrogens is 4. The van der Waals surface area contributed by atoms with Crippen LogP contribution in [0.5, 0.6) is 12.0 Å². The molecule has 0 unspecified atom stereocenters. The van der Waals surface area contributed by atoms with Gasteiger partial charge in [-0.2, -0.15) is 15.0 Å². The van der Waals surface area contributed by atoms with Crippen LogP contribution < -0.4 is 15.2 Å². The van der Waals surface area contributed by atoms with E-state index in [4.69, 9.17) is 21.6 Å². The summed E-state index contributed by atoms with van der Waals surface area (Å²) in [6, 6.07) is 0.706. The first kappa shape index (κ1) is 15.9. The molecule has 0 fully saturated rings. The molecule has 2 rings (SSSR count). The highest BCUT2D eigenvalue weighted by molar-refractivity contribution is 5.83. The van der Waals surface area contributed by atoms with Gasteiger partial charge in [-0.05, 0) is 12.8 Å². The van der Waals surface area contributed by atoms with Crippen molar-refractivity contribution in [3.8, 4) is 24.4 Å². The average molecular weight is 303 g/mol. The second-order valence-corrected chi connectivity index (χ2v) is 4.82. The molecule has 7 nitrogen and oxygen atoms in total. The van der Waals surface area contributed by atoms with Gasteiger partial charge in [-0.3, -0.25) is 4.57 Å². The molecule has 0 saturated heterocycles. The molecule has 2 aromatic rings. The number of methoxy groups -OCH3 is 1. The van der Waals surface area contributed by atoms with Gasteiger partial charge >= 0.3 is 6.01 Å². The normalized spacial score (nSPS) is 10.6. The number of anilines is 1. The molecule has 0 aliphatic carbocycles. The molecule has 22 heavy (non-hydrogen) atoms. The molecule has 7 heteroatoms. The third-order valence-corrected chi connectivity index (χ3v) is 3.18. The number of terminal acetylenes is 1. The first-order valence-corrected chi connectivity index (χ1v) is 7.35. The van der Waals surface area contributed by atoms with Crippen molar-refractivity contribution in [3.05, 3.63) is 0 Å². The highest BCUT2D eigenvalue weighted by atomic mass is 16.5.